The molecule has 1 fully saturated rings. The van der Waals surface area contributed by atoms with Crippen molar-refractivity contribution in [2.45, 2.75) is 43.4 Å². The average Bonchev–Trinajstić information content (AvgIpc) is 3.69. The Morgan fingerprint density at radius 1 is 1.07 bits per heavy atom. The van der Waals surface area contributed by atoms with Crippen molar-refractivity contribution < 1.29 is 27.2 Å². The molecule has 2 heterocycles. The average molecular weight is 603 g/mol. The number of benzene rings is 3. The molecule has 0 bridgehead atoms. The number of likely N-dealkylation sites (N-methyl/N-ethyl adjacent to an activating group) is 1. The van der Waals surface area contributed by atoms with E-state index in [1.54, 1.807) is 11.6 Å². The van der Waals surface area contributed by atoms with Gasteiger partial charge in [-0.3, -0.25) is 14.5 Å². The van der Waals surface area contributed by atoms with Crippen LogP contribution >= 0.6 is 0 Å². The molecule has 12 heteroatoms. The Labute approximate surface area is 249 Å². The number of nitrogens with zero attached hydrogens (tertiary/aromatic N) is 4. The minimum atomic E-state index is -4.67. The molecule has 1 saturated carbocycles. The summed E-state index contributed by atoms with van der Waals surface area (Å²) in [5.41, 5.74) is 0.0766. The van der Waals surface area contributed by atoms with Crippen molar-refractivity contribution in [2.75, 3.05) is 11.4 Å². The molecule has 6 rings (SSSR count). The maximum Gasteiger partial charge on any atom is 0.416 e. The Bertz CT molecular complexity index is 1780. The number of amides is 2. The molecule has 0 radical (unpaired) electrons. The van der Waals surface area contributed by atoms with Crippen LogP contribution in [0.2, 0.25) is 0 Å². The second kappa shape index (κ2) is 10.8. The molecule has 0 saturated heterocycles. The Morgan fingerprint density at radius 3 is 2.39 bits per heavy atom. The first-order valence-corrected chi connectivity index (χ1v) is 14.0. The zero-order valence-electron chi connectivity index (χ0n) is 23.4. The number of hydrogen-bond donors (Lipinski definition) is 2. The van der Waals surface area contributed by atoms with Crippen molar-refractivity contribution in [3.8, 4) is 11.9 Å². The number of rotatable bonds is 7. The minimum absolute atomic E-state index is 0.175. The van der Waals surface area contributed by atoms with Crippen LogP contribution in [0.3, 0.4) is 0 Å². The lowest BCUT2D eigenvalue weighted by molar-refractivity contribution is -0.137. The molecule has 1 aromatic heterocycles. The number of carbonyl (C=O) groups is 2. The van der Waals surface area contributed by atoms with E-state index in [-0.39, 0.29) is 12.1 Å². The summed E-state index contributed by atoms with van der Waals surface area (Å²) >= 11 is 0. The zero-order valence-corrected chi connectivity index (χ0v) is 23.4. The Hall–Kier alpha value is -5.18. The van der Waals surface area contributed by atoms with E-state index in [0.717, 1.165) is 18.2 Å². The van der Waals surface area contributed by atoms with Crippen molar-refractivity contribution in [1.29, 1.82) is 5.26 Å². The van der Waals surface area contributed by atoms with Crippen molar-refractivity contribution >= 4 is 17.6 Å². The number of nitriles is 1. The molecule has 8 nitrogen and oxygen atoms in total. The SMILES string of the molecule is CCN1C(=O)[C@@H](NC(=O)c2cccc(C(F)(F)F)c2)[C@@H](c2ccc(F)cc2)c2c(C3(NC#N)CC3)nn(-c3ccccc3)c21. The van der Waals surface area contributed by atoms with Crippen LogP contribution in [0.15, 0.2) is 78.9 Å². The number of para-hydroxylation sites is 1. The van der Waals surface area contributed by atoms with E-state index < -0.39 is 46.9 Å². The number of fused-ring (bicyclic) bond motifs is 1. The minimum Gasteiger partial charge on any atom is -0.339 e. The summed E-state index contributed by atoms with van der Waals surface area (Å²) in [5.74, 6) is -2.39. The van der Waals surface area contributed by atoms with Crippen molar-refractivity contribution in [1.82, 2.24) is 20.4 Å². The summed E-state index contributed by atoms with van der Waals surface area (Å²) in [5, 5.41) is 20.1. The number of halogens is 4. The lowest BCUT2D eigenvalue weighted by Crippen LogP contribution is -2.55. The van der Waals surface area contributed by atoms with Crippen LogP contribution in [0.4, 0.5) is 23.4 Å². The third kappa shape index (κ3) is 4.94. The van der Waals surface area contributed by atoms with Gasteiger partial charge in [-0.2, -0.15) is 23.5 Å². The fourth-order valence-corrected chi connectivity index (χ4v) is 5.85. The van der Waals surface area contributed by atoms with Gasteiger partial charge in [-0.1, -0.05) is 36.4 Å². The quantitative estimate of drug-likeness (QED) is 0.168. The van der Waals surface area contributed by atoms with Crippen LogP contribution in [0.25, 0.3) is 5.69 Å². The van der Waals surface area contributed by atoms with E-state index in [1.807, 2.05) is 36.5 Å². The van der Waals surface area contributed by atoms with Gasteiger partial charge in [-0.15, -0.1) is 0 Å². The van der Waals surface area contributed by atoms with Gasteiger partial charge in [-0.05, 0) is 67.8 Å². The van der Waals surface area contributed by atoms with Crippen LogP contribution < -0.4 is 15.5 Å². The number of anilines is 1. The van der Waals surface area contributed by atoms with Crippen LogP contribution in [0.5, 0.6) is 0 Å². The number of alkyl halides is 3. The van der Waals surface area contributed by atoms with Crippen LogP contribution in [0.1, 0.15) is 58.4 Å². The molecular weight excluding hydrogens is 576 g/mol. The highest BCUT2D eigenvalue weighted by molar-refractivity contribution is 6.05. The van der Waals surface area contributed by atoms with E-state index in [4.69, 9.17) is 5.10 Å². The summed E-state index contributed by atoms with van der Waals surface area (Å²) in [7, 11) is 0. The summed E-state index contributed by atoms with van der Waals surface area (Å²) in [6.07, 6.45) is -1.50. The first-order chi connectivity index (χ1) is 21.1. The molecule has 2 amide bonds. The molecule has 44 heavy (non-hydrogen) atoms. The van der Waals surface area contributed by atoms with Gasteiger partial charge in [-0.25, -0.2) is 9.07 Å². The Kier molecular flexibility index (Phi) is 7.11. The molecule has 0 unspecified atom stereocenters. The van der Waals surface area contributed by atoms with Gasteiger partial charge >= 0.3 is 6.18 Å². The first-order valence-electron chi connectivity index (χ1n) is 14.0. The van der Waals surface area contributed by atoms with Gasteiger partial charge in [0.15, 0.2) is 6.19 Å². The second-order valence-corrected chi connectivity index (χ2v) is 10.8. The Balaban J connectivity index is 1.56. The molecule has 1 aliphatic heterocycles. The standard InChI is InChI=1S/C32H26F4N6O2/c1-2-41-29-25(27(31(15-16-31)38-18-37)40-42(29)23-9-4-3-5-10-23)24(19-11-13-22(33)14-12-19)26(30(41)44)39-28(43)20-7-6-8-21(17-20)32(34,35)36/h3-14,17,24,26,38H,2,15-16H2,1H3,(H,39,43)/t24-,26-/m0/s1. The lowest BCUT2D eigenvalue weighted by Gasteiger charge is -2.39. The van der Waals surface area contributed by atoms with Crippen LogP contribution in [-0.4, -0.2) is 34.2 Å². The molecule has 2 N–H and O–H groups in total. The van der Waals surface area contributed by atoms with E-state index in [1.165, 1.54) is 35.2 Å². The summed E-state index contributed by atoms with van der Waals surface area (Å²) in [6.45, 7) is 1.93. The fourth-order valence-electron chi connectivity index (χ4n) is 5.85. The summed E-state index contributed by atoms with van der Waals surface area (Å²) < 4.78 is 56.1. The van der Waals surface area contributed by atoms with E-state index in [0.29, 0.717) is 41.2 Å². The molecule has 224 valence electrons. The van der Waals surface area contributed by atoms with Crippen LogP contribution in [-0.2, 0) is 16.5 Å². The Morgan fingerprint density at radius 2 is 1.77 bits per heavy atom. The maximum absolute atomic E-state index is 14.3. The predicted molar refractivity (Wildman–Crippen MR) is 152 cm³/mol. The van der Waals surface area contributed by atoms with Gasteiger partial charge in [0, 0.05) is 23.6 Å². The number of carbonyl (C=O) groups excluding carboxylic acids is 2. The number of aromatic nitrogens is 2. The predicted octanol–water partition coefficient (Wildman–Crippen LogP) is 5.39. The van der Waals surface area contributed by atoms with Gasteiger partial charge in [0.25, 0.3) is 11.8 Å². The van der Waals surface area contributed by atoms with Crippen molar-refractivity contribution in [2.24, 2.45) is 0 Å². The number of nitrogens with one attached hydrogen (secondary N) is 2. The fraction of sp³-hybridized carbons (Fsp3) is 0.250. The van der Waals surface area contributed by atoms with Crippen molar-refractivity contribution in [3.05, 3.63) is 113 Å². The summed E-state index contributed by atoms with van der Waals surface area (Å²) in [6, 6.07) is 17.3. The monoisotopic (exact) mass is 602 g/mol. The third-order valence-electron chi connectivity index (χ3n) is 8.11. The highest BCUT2D eigenvalue weighted by Gasteiger charge is 2.54. The first kappa shape index (κ1) is 28.9. The van der Waals surface area contributed by atoms with E-state index >= 15 is 0 Å². The highest BCUT2D eigenvalue weighted by atomic mass is 19.4. The number of hydrogen-bond acceptors (Lipinski definition) is 5. The smallest absolute Gasteiger partial charge is 0.339 e. The second-order valence-electron chi connectivity index (χ2n) is 10.8. The molecule has 1 aliphatic carbocycles. The normalized spacial score (nSPS) is 18.7. The summed E-state index contributed by atoms with van der Waals surface area (Å²) in [4.78, 5) is 29.3. The molecule has 2 aliphatic rings. The lowest BCUT2D eigenvalue weighted by atomic mass is 9.79. The van der Waals surface area contributed by atoms with Gasteiger partial charge in [0.05, 0.1) is 22.5 Å². The van der Waals surface area contributed by atoms with Gasteiger partial charge in [0.2, 0.25) is 0 Å². The molecule has 0 spiro atoms. The molecule has 4 aromatic rings. The largest absolute Gasteiger partial charge is 0.416 e. The zero-order chi connectivity index (χ0) is 31.2. The maximum atomic E-state index is 14.3. The highest BCUT2D eigenvalue weighted by Crippen LogP contribution is 2.53. The molecule has 2 atom stereocenters. The van der Waals surface area contributed by atoms with E-state index in [2.05, 4.69) is 10.6 Å². The van der Waals surface area contributed by atoms with Crippen molar-refractivity contribution in [3.63, 3.8) is 0 Å². The van der Waals surface area contributed by atoms with E-state index in [9.17, 15) is 32.4 Å². The van der Waals surface area contributed by atoms with Gasteiger partial charge < -0.3 is 10.6 Å². The topological polar surface area (TPSA) is 103 Å². The molecular formula is C32H26F4N6O2. The van der Waals surface area contributed by atoms with Crippen LogP contribution in [0, 0.1) is 17.3 Å². The third-order valence-corrected chi connectivity index (χ3v) is 8.11. The molecule has 3 aromatic carbocycles. The van der Waals surface area contributed by atoms with Gasteiger partial charge in [0.1, 0.15) is 17.7 Å².